The van der Waals surface area contributed by atoms with E-state index < -0.39 is 0 Å². The number of rotatable bonds is 5. The van der Waals surface area contributed by atoms with Crippen molar-refractivity contribution in [3.63, 3.8) is 0 Å². The van der Waals surface area contributed by atoms with Crippen molar-refractivity contribution >= 4 is 5.91 Å². The first-order chi connectivity index (χ1) is 8.29. The van der Waals surface area contributed by atoms with Crippen molar-refractivity contribution in [3.8, 4) is 0 Å². The normalized spacial score (nSPS) is 23.8. The van der Waals surface area contributed by atoms with Crippen molar-refractivity contribution in [1.29, 1.82) is 0 Å². The van der Waals surface area contributed by atoms with Crippen molar-refractivity contribution in [2.24, 2.45) is 0 Å². The second-order valence-electron chi connectivity index (χ2n) is 4.13. The van der Waals surface area contributed by atoms with E-state index in [1.54, 1.807) is 18.0 Å². The van der Waals surface area contributed by atoms with Crippen LogP contribution in [0, 0.1) is 0 Å². The number of hydrogen-bond acceptors (Lipinski definition) is 4. The molecule has 1 aliphatic heterocycles. The summed E-state index contributed by atoms with van der Waals surface area (Å²) in [5.41, 5.74) is 0. The van der Waals surface area contributed by atoms with E-state index in [4.69, 9.17) is 4.74 Å². The Hall–Kier alpha value is -1.40. The van der Waals surface area contributed by atoms with Crippen molar-refractivity contribution in [3.05, 3.63) is 18.5 Å². The number of ether oxygens (including phenoxy) is 1. The zero-order valence-electron chi connectivity index (χ0n) is 9.93. The molecule has 1 unspecified atom stereocenters. The minimum absolute atomic E-state index is 0.0382. The lowest BCUT2D eigenvalue weighted by Gasteiger charge is -2.18. The van der Waals surface area contributed by atoms with Gasteiger partial charge >= 0.3 is 0 Å². The molecular formula is C11H18N4O2. The predicted molar refractivity (Wildman–Crippen MR) is 62.4 cm³/mol. The van der Waals surface area contributed by atoms with E-state index in [1.807, 2.05) is 12.3 Å². The van der Waals surface area contributed by atoms with Gasteiger partial charge in [0.05, 0.1) is 12.1 Å². The van der Waals surface area contributed by atoms with Gasteiger partial charge in [0, 0.05) is 45.6 Å². The molecule has 2 atom stereocenters. The van der Waals surface area contributed by atoms with E-state index in [2.05, 4.69) is 15.7 Å². The number of aromatic nitrogens is 2. The molecule has 0 aromatic carbocycles. The molecule has 6 heteroatoms. The van der Waals surface area contributed by atoms with Crippen LogP contribution >= 0.6 is 0 Å². The van der Waals surface area contributed by atoms with Crippen LogP contribution in [0.15, 0.2) is 18.5 Å². The van der Waals surface area contributed by atoms with E-state index in [1.165, 1.54) is 0 Å². The monoisotopic (exact) mass is 238 g/mol. The number of methoxy groups -OCH3 is 1. The number of amides is 1. The highest BCUT2D eigenvalue weighted by atomic mass is 16.5. The Bertz CT molecular complexity index is 352. The molecule has 0 radical (unpaired) electrons. The van der Waals surface area contributed by atoms with Crippen molar-refractivity contribution in [1.82, 2.24) is 20.4 Å². The van der Waals surface area contributed by atoms with E-state index in [9.17, 15) is 4.79 Å². The highest BCUT2D eigenvalue weighted by Crippen LogP contribution is 2.04. The van der Waals surface area contributed by atoms with Gasteiger partial charge in [-0.3, -0.25) is 9.48 Å². The molecule has 1 amide bonds. The van der Waals surface area contributed by atoms with Crippen LogP contribution in [0.2, 0.25) is 0 Å². The van der Waals surface area contributed by atoms with Gasteiger partial charge in [0.1, 0.15) is 0 Å². The number of aryl methyl sites for hydroxylation is 1. The van der Waals surface area contributed by atoms with Gasteiger partial charge in [0.2, 0.25) is 5.91 Å². The van der Waals surface area contributed by atoms with Crippen LogP contribution in [0.1, 0.15) is 6.42 Å². The van der Waals surface area contributed by atoms with Crippen molar-refractivity contribution in [2.75, 3.05) is 20.2 Å². The molecule has 1 fully saturated rings. The fourth-order valence-electron chi connectivity index (χ4n) is 1.97. The lowest BCUT2D eigenvalue weighted by molar-refractivity contribution is -0.122. The topological polar surface area (TPSA) is 68.2 Å². The molecule has 0 bridgehead atoms. The van der Waals surface area contributed by atoms with Gasteiger partial charge in [0.15, 0.2) is 0 Å². The second-order valence-corrected chi connectivity index (χ2v) is 4.13. The third-order valence-electron chi connectivity index (χ3n) is 2.93. The minimum atomic E-state index is 0.0382. The maximum absolute atomic E-state index is 11.7. The Morgan fingerprint density at radius 1 is 1.65 bits per heavy atom. The summed E-state index contributed by atoms with van der Waals surface area (Å²) in [5, 5.41) is 10.2. The van der Waals surface area contributed by atoms with Gasteiger partial charge in [-0.2, -0.15) is 5.10 Å². The first-order valence-electron chi connectivity index (χ1n) is 5.80. The van der Waals surface area contributed by atoms with Crippen LogP contribution in [0.25, 0.3) is 0 Å². The average Bonchev–Trinajstić information content (AvgIpc) is 2.97. The number of hydrogen-bond donors (Lipinski definition) is 2. The molecule has 1 aliphatic rings. The molecule has 2 heterocycles. The summed E-state index contributed by atoms with van der Waals surface area (Å²) in [6, 6.07) is 1.92. The van der Waals surface area contributed by atoms with Crippen LogP contribution in [0.3, 0.4) is 0 Å². The average molecular weight is 238 g/mol. The molecule has 1 aromatic rings. The molecule has 0 spiro atoms. The highest BCUT2D eigenvalue weighted by Gasteiger charge is 2.27. The van der Waals surface area contributed by atoms with Crippen LogP contribution < -0.4 is 10.6 Å². The fourth-order valence-corrected chi connectivity index (χ4v) is 1.97. The molecule has 0 saturated carbocycles. The molecule has 1 aromatic heterocycles. The summed E-state index contributed by atoms with van der Waals surface area (Å²) >= 11 is 0. The zero-order valence-corrected chi connectivity index (χ0v) is 9.93. The second kappa shape index (κ2) is 5.79. The summed E-state index contributed by atoms with van der Waals surface area (Å²) in [7, 11) is 1.67. The zero-order chi connectivity index (χ0) is 12.1. The Morgan fingerprint density at radius 2 is 2.53 bits per heavy atom. The summed E-state index contributed by atoms with van der Waals surface area (Å²) < 4.78 is 7.03. The van der Waals surface area contributed by atoms with E-state index in [-0.39, 0.29) is 18.1 Å². The highest BCUT2D eigenvalue weighted by molar-refractivity contribution is 5.76. The third kappa shape index (κ3) is 3.28. The predicted octanol–water partition coefficient (Wildman–Crippen LogP) is -0.624. The number of nitrogens with one attached hydrogen (secondary N) is 2. The molecule has 1 saturated heterocycles. The van der Waals surface area contributed by atoms with Crippen molar-refractivity contribution in [2.45, 2.75) is 25.1 Å². The minimum Gasteiger partial charge on any atom is -0.378 e. The number of carbonyl (C=O) groups is 1. The lowest BCUT2D eigenvalue weighted by atomic mass is 10.2. The molecule has 0 aliphatic carbocycles. The molecule has 6 nitrogen and oxygen atoms in total. The van der Waals surface area contributed by atoms with Gasteiger partial charge in [-0.05, 0) is 6.07 Å². The maximum Gasteiger partial charge on any atom is 0.222 e. The van der Waals surface area contributed by atoms with Gasteiger partial charge in [-0.25, -0.2) is 0 Å². The van der Waals surface area contributed by atoms with Gasteiger partial charge in [-0.15, -0.1) is 0 Å². The first kappa shape index (κ1) is 12.1. The number of carbonyl (C=O) groups excluding carboxylic acids is 1. The standard InChI is InChI=1S/C11H18N4O2/c1-17-10-8-12-7-9(10)14-11(16)3-6-15-5-2-4-13-15/h2,4-5,9-10,12H,3,6-8H2,1H3,(H,14,16)/t9?,10-/m1/s1. The maximum atomic E-state index is 11.7. The number of nitrogens with zero attached hydrogens (tertiary/aromatic N) is 2. The first-order valence-corrected chi connectivity index (χ1v) is 5.80. The summed E-state index contributed by atoms with van der Waals surface area (Å²) in [5.74, 6) is 0.0382. The SMILES string of the molecule is CO[C@@H]1CNCC1NC(=O)CCn1cccn1. The quantitative estimate of drug-likeness (QED) is 0.717. The summed E-state index contributed by atoms with van der Waals surface area (Å²) in [6.45, 7) is 2.17. The van der Waals surface area contributed by atoms with Crippen LogP contribution in [0.4, 0.5) is 0 Å². The lowest BCUT2D eigenvalue weighted by Crippen LogP contribution is -2.43. The van der Waals surface area contributed by atoms with E-state index >= 15 is 0 Å². The summed E-state index contributed by atoms with van der Waals surface area (Å²) in [4.78, 5) is 11.7. The molecule has 17 heavy (non-hydrogen) atoms. The Labute approximate surface area is 100 Å². The fraction of sp³-hybridized carbons (Fsp3) is 0.636. The molecule has 2 N–H and O–H groups in total. The molecular weight excluding hydrogens is 220 g/mol. The van der Waals surface area contributed by atoms with Crippen LogP contribution in [-0.2, 0) is 16.1 Å². The largest absolute Gasteiger partial charge is 0.378 e. The Morgan fingerprint density at radius 3 is 3.24 bits per heavy atom. The van der Waals surface area contributed by atoms with Gasteiger partial charge in [-0.1, -0.05) is 0 Å². The van der Waals surface area contributed by atoms with Crippen molar-refractivity contribution < 1.29 is 9.53 Å². The molecule has 94 valence electrons. The van der Waals surface area contributed by atoms with Crippen LogP contribution in [-0.4, -0.2) is 48.0 Å². The van der Waals surface area contributed by atoms with E-state index in [0.29, 0.717) is 13.0 Å². The van der Waals surface area contributed by atoms with E-state index in [0.717, 1.165) is 13.1 Å². The third-order valence-corrected chi connectivity index (χ3v) is 2.93. The Balaban J connectivity index is 1.73. The molecule has 2 rings (SSSR count). The smallest absolute Gasteiger partial charge is 0.222 e. The van der Waals surface area contributed by atoms with Gasteiger partial charge < -0.3 is 15.4 Å². The Kier molecular flexibility index (Phi) is 4.11. The summed E-state index contributed by atoms with van der Waals surface area (Å²) in [6.07, 6.45) is 4.07. The van der Waals surface area contributed by atoms with Gasteiger partial charge in [0.25, 0.3) is 0 Å². The van der Waals surface area contributed by atoms with Crippen LogP contribution in [0.5, 0.6) is 0 Å².